The van der Waals surface area contributed by atoms with Gasteiger partial charge in [-0.1, -0.05) is 0 Å². The van der Waals surface area contributed by atoms with Crippen molar-refractivity contribution < 1.29 is 14.3 Å². The first kappa shape index (κ1) is 21.5. The number of nitrogens with zero attached hydrogens (tertiary/aromatic N) is 2. The molecule has 7 heteroatoms. The number of benzene rings is 1. The van der Waals surface area contributed by atoms with Crippen molar-refractivity contribution in [3.05, 3.63) is 18.2 Å². The second-order valence-electron chi connectivity index (χ2n) is 7.17. The highest BCUT2D eigenvalue weighted by Crippen LogP contribution is 2.29. The third-order valence-corrected chi connectivity index (χ3v) is 4.91. The van der Waals surface area contributed by atoms with Crippen molar-refractivity contribution >= 4 is 11.6 Å². The standard InChI is InChI=1S/C20H34N4O3/c1-16(21-8-5-9-24-12-10-23(2)11-13-24)14-20(25)22-18-7-6-17(26-3)15-19(18)27-4/h6-7,15-16,21H,5,8-14H2,1-4H3,(H,22,25). The molecule has 0 radical (unpaired) electrons. The van der Waals surface area contributed by atoms with Gasteiger partial charge in [0, 0.05) is 44.7 Å². The van der Waals surface area contributed by atoms with E-state index in [0.717, 1.165) is 45.7 Å². The number of nitrogens with one attached hydrogen (secondary N) is 2. The van der Waals surface area contributed by atoms with E-state index in [4.69, 9.17) is 9.47 Å². The molecule has 2 rings (SSSR count). The van der Waals surface area contributed by atoms with Crippen LogP contribution < -0.4 is 20.1 Å². The van der Waals surface area contributed by atoms with Gasteiger partial charge in [-0.25, -0.2) is 0 Å². The number of likely N-dealkylation sites (N-methyl/N-ethyl adjacent to an activating group) is 1. The first-order valence-electron chi connectivity index (χ1n) is 9.68. The molecule has 1 fully saturated rings. The summed E-state index contributed by atoms with van der Waals surface area (Å²) in [6, 6.07) is 5.49. The van der Waals surface area contributed by atoms with Crippen LogP contribution in [-0.4, -0.2) is 82.3 Å². The molecule has 1 aromatic carbocycles. The number of amides is 1. The number of hydrogen-bond acceptors (Lipinski definition) is 6. The van der Waals surface area contributed by atoms with Crippen molar-refractivity contribution in [1.82, 2.24) is 15.1 Å². The molecule has 0 bridgehead atoms. The van der Waals surface area contributed by atoms with Crippen molar-refractivity contribution in [2.75, 3.05) is 65.9 Å². The molecule has 1 aliphatic heterocycles. The van der Waals surface area contributed by atoms with E-state index >= 15 is 0 Å². The average molecular weight is 379 g/mol. The number of rotatable bonds is 10. The molecule has 1 heterocycles. The van der Waals surface area contributed by atoms with Gasteiger partial charge in [-0.2, -0.15) is 0 Å². The van der Waals surface area contributed by atoms with Crippen molar-refractivity contribution in [2.45, 2.75) is 25.8 Å². The SMILES string of the molecule is COc1ccc(NC(=O)CC(C)NCCCN2CCN(C)CC2)c(OC)c1. The summed E-state index contributed by atoms with van der Waals surface area (Å²) in [6.45, 7) is 8.68. The van der Waals surface area contributed by atoms with Gasteiger partial charge in [0.15, 0.2) is 0 Å². The molecule has 1 aromatic rings. The fourth-order valence-corrected chi connectivity index (χ4v) is 3.18. The molecule has 1 amide bonds. The molecule has 1 aliphatic rings. The predicted octanol–water partition coefficient (Wildman–Crippen LogP) is 1.65. The lowest BCUT2D eigenvalue weighted by molar-refractivity contribution is -0.116. The van der Waals surface area contributed by atoms with Crippen LogP contribution in [0.25, 0.3) is 0 Å². The summed E-state index contributed by atoms with van der Waals surface area (Å²) >= 11 is 0. The van der Waals surface area contributed by atoms with Crippen LogP contribution >= 0.6 is 0 Å². The first-order valence-corrected chi connectivity index (χ1v) is 9.68. The zero-order valence-electron chi connectivity index (χ0n) is 17.1. The molecule has 0 aromatic heterocycles. The van der Waals surface area contributed by atoms with Crippen LogP contribution in [0, 0.1) is 0 Å². The van der Waals surface area contributed by atoms with Gasteiger partial charge in [-0.05, 0) is 45.6 Å². The van der Waals surface area contributed by atoms with Crippen LogP contribution in [0.5, 0.6) is 11.5 Å². The maximum atomic E-state index is 12.3. The number of ether oxygens (including phenoxy) is 2. The molecule has 1 saturated heterocycles. The lowest BCUT2D eigenvalue weighted by Crippen LogP contribution is -2.45. The van der Waals surface area contributed by atoms with Crippen LogP contribution in [0.2, 0.25) is 0 Å². The second-order valence-corrected chi connectivity index (χ2v) is 7.17. The van der Waals surface area contributed by atoms with E-state index < -0.39 is 0 Å². The fourth-order valence-electron chi connectivity index (χ4n) is 3.18. The van der Waals surface area contributed by atoms with Gasteiger partial charge in [-0.15, -0.1) is 0 Å². The Kier molecular flexibility index (Phi) is 8.84. The van der Waals surface area contributed by atoms with Crippen LogP contribution in [-0.2, 0) is 4.79 Å². The van der Waals surface area contributed by atoms with Crippen LogP contribution in [0.4, 0.5) is 5.69 Å². The maximum Gasteiger partial charge on any atom is 0.226 e. The zero-order valence-corrected chi connectivity index (χ0v) is 17.1. The fraction of sp³-hybridized carbons (Fsp3) is 0.650. The topological polar surface area (TPSA) is 66.1 Å². The molecule has 0 spiro atoms. The summed E-state index contributed by atoms with van der Waals surface area (Å²) < 4.78 is 10.5. The molecule has 0 saturated carbocycles. The quantitative estimate of drug-likeness (QED) is 0.604. The van der Waals surface area contributed by atoms with E-state index in [9.17, 15) is 4.79 Å². The minimum atomic E-state index is -0.0301. The van der Waals surface area contributed by atoms with Gasteiger partial charge >= 0.3 is 0 Å². The van der Waals surface area contributed by atoms with Gasteiger partial charge in [0.2, 0.25) is 5.91 Å². The number of methoxy groups -OCH3 is 2. The summed E-state index contributed by atoms with van der Waals surface area (Å²) in [6.07, 6.45) is 1.52. The molecule has 1 unspecified atom stereocenters. The van der Waals surface area contributed by atoms with Gasteiger partial charge in [0.25, 0.3) is 0 Å². The normalized spacial score (nSPS) is 16.7. The molecule has 2 N–H and O–H groups in total. The average Bonchev–Trinajstić information content (AvgIpc) is 2.66. The number of anilines is 1. The van der Waals surface area contributed by atoms with E-state index in [1.54, 1.807) is 32.4 Å². The second kappa shape index (κ2) is 11.1. The smallest absolute Gasteiger partial charge is 0.226 e. The minimum Gasteiger partial charge on any atom is -0.497 e. The number of piperazine rings is 1. The molecule has 1 atom stereocenters. The highest BCUT2D eigenvalue weighted by atomic mass is 16.5. The Balaban J connectivity index is 1.66. The van der Waals surface area contributed by atoms with E-state index in [1.165, 1.54) is 0 Å². The molecule has 152 valence electrons. The highest BCUT2D eigenvalue weighted by molar-refractivity contribution is 5.92. The predicted molar refractivity (Wildman–Crippen MR) is 109 cm³/mol. The first-order chi connectivity index (χ1) is 13.0. The Morgan fingerprint density at radius 2 is 1.93 bits per heavy atom. The number of carbonyl (C=O) groups excluding carboxylic acids is 1. The Labute approximate surface area is 163 Å². The summed E-state index contributed by atoms with van der Waals surface area (Å²) in [4.78, 5) is 17.2. The number of carbonyl (C=O) groups is 1. The lowest BCUT2D eigenvalue weighted by Gasteiger charge is -2.32. The summed E-state index contributed by atoms with van der Waals surface area (Å²) in [5.41, 5.74) is 0.658. The zero-order chi connectivity index (χ0) is 19.6. The Morgan fingerprint density at radius 1 is 1.19 bits per heavy atom. The lowest BCUT2D eigenvalue weighted by atomic mass is 10.2. The molecular formula is C20H34N4O3. The monoisotopic (exact) mass is 378 g/mol. The van der Waals surface area contributed by atoms with Crippen LogP contribution in [0.3, 0.4) is 0 Å². The van der Waals surface area contributed by atoms with Gasteiger partial charge < -0.3 is 29.9 Å². The molecule has 7 nitrogen and oxygen atoms in total. The molecule has 27 heavy (non-hydrogen) atoms. The van der Waals surface area contributed by atoms with Gasteiger partial charge in [-0.3, -0.25) is 4.79 Å². The Morgan fingerprint density at radius 3 is 2.59 bits per heavy atom. The maximum absolute atomic E-state index is 12.3. The highest BCUT2D eigenvalue weighted by Gasteiger charge is 2.14. The minimum absolute atomic E-state index is 0.0301. The van der Waals surface area contributed by atoms with Crippen molar-refractivity contribution in [3.8, 4) is 11.5 Å². The van der Waals surface area contributed by atoms with Crippen molar-refractivity contribution in [3.63, 3.8) is 0 Å². The number of hydrogen-bond donors (Lipinski definition) is 2. The Bertz CT molecular complexity index is 589. The summed E-state index contributed by atoms with van der Waals surface area (Å²) in [5.74, 6) is 1.26. The molecule has 0 aliphatic carbocycles. The Hall–Kier alpha value is -1.83. The molecular weight excluding hydrogens is 344 g/mol. The summed E-state index contributed by atoms with van der Waals surface area (Å²) in [5, 5.41) is 6.36. The largest absolute Gasteiger partial charge is 0.497 e. The van der Waals surface area contributed by atoms with E-state index in [-0.39, 0.29) is 11.9 Å². The van der Waals surface area contributed by atoms with Crippen LogP contribution in [0.15, 0.2) is 18.2 Å². The van der Waals surface area contributed by atoms with Crippen molar-refractivity contribution in [1.29, 1.82) is 0 Å². The van der Waals surface area contributed by atoms with E-state index in [2.05, 4.69) is 27.5 Å². The third-order valence-electron chi connectivity index (χ3n) is 4.91. The van der Waals surface area contributed by atoms with Gasteiger partial charge in [0.1, 0.15) is 11.5 Å². The van der Waals surface area contributed by atoms with E-state index in [1.807, 2.05) is 6.92 Å². The van der Waals surface area contributed by atoms with Gasteiger partial charge in [0.05, 0.1) is 19.9 Å². The summed E-state index contributed by atoms with van der Waals surface area (Å²) in [7, 11) is 5.35. The van der Waals surface area contributed by atoms with Crippen LogP contribution in [0.1, 0.15) is 19.8 Å². The van der Waals surface area contributed by atoms with E-state index in [0.29, 0.717) is 23.6 Å². The third kappa shape index (κ3) is 7.36. The van der Waals surface area contributed by atoms with Crippen molar-refractivity contribution in [2.24, 2.45) is 0 Å².